The highest BCUT2D eigenvalue weighted by Crippen LogP contribution is 2.32. The monoisotopic (exact) mass is 765 g/mol. The number of esters is 1. The summed E-state index contributed by atoms with van der Waals surface area (Å²) in [6.45, 7) is 8.35. The first kappa shape index (κ1) is 46.2. The molecule has 0 saturated heterocycles. The second kappa shape index (κ2) is 31.4. The Labute approximate surface area is 308 Å². The molecule has 53 heavy (non-hydrogen) atoms. The molecule has 14 nitrogen and oxygen atoms in total. The zero-order chi connectivity index (χ0) is 38.1. The molecule has 302 valence electrons. The first-order valence-electron chi connectivity index (χ1n) is 17.5. The molecule has 0 amide bonds. The molecule has 0 fully saturated rings. The van der Waals surface area contributed by atoms with Gasteiger partial charge in [0, 0.05) is 5.69 Å². The number of anilines is 2. The molecular formula is C36H54F3NO13. The van der Waals surface area contributed by atoms with Crippen LogP contribution in [0.25, 0.3) is 0 Å². The van der Waals surface area contributed by atoms with Crippen LogP contribution < -0.4 is 5.32 Å². The van der Waals surface area contributed by atoms with Gasteiger partial charge in [-0.2, -0.15) is 13.2 Å². The van der Waals surface area contributed by atoms with Gasteiger partial charge in [-0.1, -0.05) is 18.2 Å². The van der Waals surface area contributed by atoms with Crippen molar-refractivity contribution in [3.8, 4) is 0 Å². The van der Waals surface area contributed by atoms with E-state index in [1.54, 1.807) is 18.2 Å². The minimum absolute atomic E-state index is 0.00455. The molecular weight excluding hydrogens is 711 g/mol. The van der Waals surface area contributed by atoms with Crippen LogP contribution >= 0.6 is 0 Å². The van der Waals surface area contributed by atoms with Crippen LogP contribution in [0.3, 0.4) is 0 Å². The quantitative estimate of drug-likeness (QED) is 0.0775. The number of aliphatic hydroxyl groups excluding tert-OH is 1. The largest absolute Gasteiger partial charge is 0.460 e. The summed E-state index contributed by atoms with van der Waals surface area (Å²) >= 11 is 0. The first-order valence-corrected chi connectivity index (χ1v) is 17.5. The fraction of sp³-hybridized carbons (Fsp3) is 0.639. The van der Waals surface area contributed by atoms with E-state index < -0.39 is 17.7 Å². The maximum absolute atomic E-state index is 13.0. The minimum Gasteiger partial charge on any atom is -0.460 e. The third kappa shape index (κ3) is 24.9. The van der Waals surface area contributed by atoms with E-state index in [1.165, 1.54) is 18.2 Å². The van der Waals surface area contributed by atoms with Gasteiger partial charge >= 0.3 is 12.1 Å². The summed E-state index contributed by atoms with van der Waals surface area (Å²) in [6.07, 6.45) is -4.48. The van der Waals surface area contributed by atoms with Crippen molar-refractivity contribution in [3.05, 3.63) is 59.7 Å². The van der Waals surface area contributed by atoms with Gasteiger partial charge in [0.2, 0.25) is 0 Å². The van der Waals surface area contributed by atoms with Crippen LogP contribution in [0, 0.1) is 0 Å². The average molecular weight is 766 g/mol. The van der Waals surface area contributed by atoms with Gasteiger partial charge in [0.25, 0.3) is 0 Å². The number of benzene rings is 2. The number of ether oxygens (including phenoxy) is 11. The molecule has 0 spiro atoms. The molecule has 0 aliphatic carbocycles. The van der Waals surface area contributed by atoms with Crippen LogP contribution in [0.5, 0.6) is 0 Å². The molecule has 0 atom stereocenters. The van der Waals surface area contributed by atoms with Crippen molar-refractivity contribution in [2.24, 2.45) is 0 Å². The van der Waals surface area contributed by atoms with Gasteiger partial charge in [0.05, 0.1) is 156 Å². The third-order valence-electron chi connectivity index (χ3n) is 6.66. The summed E-state index contributed by atoms with van der Waals surface area (Å²) in [4.78, 5) is 12.6. The fourth-order valence-electron chi connectivity index (χ4n) is 4.12. The second-order valence-electron chi connectivity index (χ2n) is 10.7. The summed E-state index contributed by atoms with van der Waals surface area (Å²) < 4.78 is 98.3. The number of halogens is 3. The summed E-state index contributed by atoms with van der Waals surface area (Å²) in [7, 11) is 0. The van der Waals surface area contributed by atoms with E-state index in [0.29, 0.717) is 131 Å². The molecule has 0 heterocycles. The van der Waals surface area contributed by atoms with Crippen molar-refractivity contribution in [1.29, 1.82) is 0 Å². The molecule has 0 aromatic heterocycles. The molecule has 2 aromatic carbocycles. The summed E-state index contributed by atoms with van der Waals surface area (Å²) in [6, 6.07) is 11.1. The van der Waals surface area contributed by atoms with Crippen molar-refractivity contribution in [2.45, 2.75) is 6.18 Å². The molecule has 17 heteroatoms. The van der Waals surface area contributed by atoms with Crippen molar-refractivity contribution >= 4 is 17.3 Å². The highest BCUT2D eigenvalue weighted by atomic mass is 19.4. The molecule has 0 saturated carbocycles. The Balaban J connectivity index is 1.30. The van der Waals surface area contributed by atoms with Crippen molar-refractivity contribution < 1.29 is 75.2 Å². The number of para-hydroxylation sites is 1. The van der Waals surface area contributed by atoms with Gasteiger partial charge in [0.15, 0.2) is 0 Å². The number of rotatable bonds is 35. The molecule has 0 aliphatic rings. The molecule has 0 bridgehead atoms. The lowest BCUT2D eigenvalue weighted by Crippen LogP contribution is -2.16. The Morgan fingerprint density at radius 3 is 1.28 bits per heavy atom. The third-order valence-corrected chi connectivity index (χ3v) is 6.66. The highest BCUT2D eigenvalue weighted by Gasteiger charge is 2.30. The van der Waals surface area contributed by atoms with Crippen LogP contribution in [-0.2, 0) is 58.3 Å². The fourth-order valence-corrected chi connectivity index (χ4v) is 4.12. The average Bonchev–Trinajstić information content (AvgIpc) is 3.15. The lowest BCUT2D eigenvalue weighted by Gasteiger charge is -2.13. The Morgan fingerprint density at radius 1 is 0.509 bits per heavy atom. The van der Waals surface area contributed by atoms with E-state index in [2.05, 4.69) is 5.32 Å². The van der Waals surface area contributed by atoms with Gasteiger partial charge in [-0.3, -0.25) is 0 Å². The maximum Gasteiger partial charge on any atom is 0.416 e. The molecule has 2 N–H and O–H groups in total. The van der Waals surface area contributed by atoms with Gasteiger partial charge in [-0.15, -0.1) is 0 Å². The molecule has 0 unspecified atom stereocenters. The van der Waals surface area contributed by atoms with Gasteiger partial charge in [0.1, 0.15) is 6.61 Å². The Kier molecular flexibility index (Phi) is 27.4. The number of hydrogen-bond donors (Lipinski definition) is 2. The summed E-state index contributed by atoms with van der Waals surface area (Å²) in [5, 5.41) is 11.4. The maximum atomic E-state index is 13.0. The number of hydrogen-bond acceptors (Lipinski definition) is 14. The Morgan fingerprint density at radius 2 is 0.887 bits per heavy atom. The van der Waals surface area contributed by atoms with E-state index in [-0.39, 0.29) is 31.1 Å². The van der Waals surface area contributed by atoms with Crippen LogP contribution in [0.15, 0.2) is 48.5 Å². The topological polar surface area (TPSA) is 151 Å². The normalized spacial score (nSPS) is 11.6. The summed E-state index contributed by atoms with van der Waals surface area (Å²) in [5.74, 6) is -0.631. The van der Waals surface area contributed by atoms with E-state index in [1.807, 2.05) is 0 Å². The first-order chi connectivity index (χ1) is 25.9. The molecule has 2 rings (SSSR count). The van der Waals surface area contributed by atoms with Gasteiger partial charge < -0.3 is 62.5 Å². The lowest BCUT2D eigenvalue weighted by molar-refractivity contribution is -0.137. The van der Waals surface area contributed by atoms with Gasteiger partial charge in [-0.05, 0) is 30.3 Å². The zero-order valence-corrected chi connectivity index (χ0v) is 30.2. The number of nitrogens with one attached hydrogen (secondary N) is 1. The van der Waals surface area contributed by atoms with Crippen molar-refractivity contribution in [2.75, 3.05) is 151 Å². The van der Waals surface area contributed by atoms with E-state index in [0.717, 1.165) is 12.1 Å². The van der Waals surface area contributed by atoms with Gasteiger partial charge in [-0.25, -0.2) is 4.79 Å². The lowest BCUT2D eigenvalue weighted by atomic mass is 10.1. The second-order valence-corrected chi connectivity index (χ2v) is 10.7. The van der Waals surface area contributed by atoms with Crippen LogP contribution in [0.2, 0.25) is 0 Å². The predicted molar refractivity (Wildman–Crippen MR) is 187 cm³/mol. The SMILES string of the molecule is O=C(OCCOCCOCCOCCOCCOCCOCCOCCOCCOCCOCCO)c1ccccc1Nc1cccc(C(F)(F)F)c1. The van der Waals surface area contributed by atoms with E-state index in [9.17, 15) is 18.0 Å². The van der Waals surface area contributed by atoms with Crippen LogP contribution in [0.4, 0.5) is 24.5 Å². The van der Waals surface area contributed by atoms with Crippen molar-refractivity contribution in [1.82, 2.24) is 0 Å². The molecule has 2 aromatic rings. The molecule has 0 aliphatic heterocycles. The van der Waals surface area contributed by atoms with Crippen LogP contribution in [-0.4, -0.2) is 156 Å². The van der Waals surface area contributed by atoms with E-state index in [4.69, 9.17) is 57.2 Å². The number of aliphatic hydroxyl groups is 1. The zero-order valence-electron chi connectivity index (χ0n) is 30.2. The smallest absolute Gasteiger partial charge is 0.416 e. The number of carbonyl (C=O) groups is 1. The number of alkyl halides is 3. The molecule has 0 radical (unpaired) electrons. The predicted octanol–water partition coefficient (Wildman–Crippen LogP) is 3.76. The van der Waals surface area contributed by atoms with Crippen molar-refractivity contribution in [3.63, 3.8) is 0 Å². The summed E-state index contributed by atoms with van der Waals surface area (Å²) in [5.41, 5.74) is -0.0995. The highest BCUT2D eigenvalue weighted by molar-refractivity contribution is 5.96. The number of carbonyl (C=O) groups excluding carboxylic acids is 1. The Bertz CT molecular complexity index is 1180. The Hall–Kier alpha value is -2.94. The van der Waals surface area contributed by atoms with Crippen LogP contribution in [0.1, 0.15) is 15.9 Å². The van der Waals surface area contributed by atoms with E-state index >= 15 is 0 Å². The minimum atomic E-state index is -4.48. The standard InChI is InChI=1S/C36H54F3NO13/c37-36(38,39)31-4-3-5-32(30-31)40-34-7-2-1-6-33(34)35(42)53-29-28-52-27-26-51-25-24-50-23-22-49-21-20-48-19-18-47-17-16-46-15-14-45-13-12-44-11-10-43-9-8-41/h1-7,30,40-41H,8-29H2.